The van der Waals surface area contributed by atoms with E-state index < -0.39 is 23.5 Å². The first-order valence-corrected chi connectivity index (χ1v) is 14.1. The van der Waals surface area contributed by atoms with Crippen LogP contribution in [0.2, 0.25) is 0 Å². The Labute approximate surface area is 246 Å². The Kier molecular flexibility index (Phi) is 6.81. The first kappa shape index (κ1) is 28.5. The van der Waals surface area contributed by atoms with E-state index in [1.807, 2.05) is 0 Å². The lowest BCUT2D eigenvalue weighted by atomic mass is 10.0. The van der Waals surface area contributed by atoms with Crippen molar-refractivity contribution < 1.29 is 22.4 Å². The Morgan fingerprint density at radius 3 is 2.35 bits per heavy atom. The second-order valence-electron chi connectivity index (χ2n) is 12.2. The summed E-state index contributed by atoms with van der Waals surface area (Å²) in [6, 6.07) is 14.0. The highest BCUT2D eigenvalue weighted by Gasteiger charge is 2.47. The number of benzene rings is 2. The van der Waals surface area contributed by atoms with Crippen LogP contribution in [-0.4, -0.2) is 62.7 Å². The number of carbonyl (C=O) groups is 1. The zero-order chi connectivity index (χ0) is 30.7. The molecule has 9 nitrogen and oxygen atoms in total. The van der Waals surface area contributed by atoms with Gasteiger partial charge in [-0.2, -0.15) is 23.5 Å². The van der Waals surface area contributed by atoms with E-state index in [2.05, 4.69) is 30.6 Å². The maximum Gasteiger partial charge on any atom is 0.416 e. The summed E-state index contributed by atoms with van der Waals surface area (Å²) < 4.78 is 45.4. The van der Waals surface area contributed by atoms with Crippen LogP contribution in [0.15, 0.2) is 65.6 Å². The second-order valence-corrected chi connectivity index (χ2v) is 12.2. The number of nitriles is 1. The van der Waals surface area contributed by atoms with Gasteiger partial charge in [0.15, 0.2) is 0 Å². The van der Waals surface area contributed by atoms with Crippen LogP contribution < -0.4 is 11.0 Å². The topological polar surface area (TPSA) is 97.6 Å². The number of carbonyl (C=O) groups excluding carboxylic acids is 1. The summed E-state index contributed by atoms with van der Waals surface area (Å²) in [4.78, 5) is 27.9. The third-order valence-electron chi connectivity index (χ3n) is 8.67. The van der Waals surface area contributed by atoms with Gasteiger partial charge in [-0.05, 0) is 68.3 Å². The van der Waals surface area contributed by atoms with E-state index in [1.54, 1.807) is 37.3 Å². The Balaban J connectivity index is 1.45. The molecule has 2 aromatic carbocycles. The molecule has 2 unspecified atom stereocenters. The highest BCUT2D eigenvalue weighted by atomic mass is 19.4. The average molecular weight is 591 g/mol. The molecule has 2 fully saturated rings. The number of amides is 1. The third kappa shape index (κ3) is 5.14. The van der Waals surface area contributed by atoms with Gasteiger partial charge in [-0.15, -0.1) is 0 Å². The van der Waals surface area contributed by atoms with Crippen molar-refractivity contribution in [2.75, 3.05) is 27.2 Å². The van der Waals surface area contributed by atoms with Crippen LogP contribution in [0.4, 0.5) is 18.0 Å². The number of likely N-dealkylation sites (tertiary alicyclic amines) is 1. The van der Waals surface area contributed by atoms with Crippen LogP contribution in [0, 0.1) is 30.1 Å². The molecule has 2 aliphatic rings. The molecule has 1 aliphatic carbocycles. The molecule has 3 heterocycles. The number of aromatic nitrogens is 4. The van der Waals surface area contributed by atoms with Gasteiger partial charge in [-0.25, -0.2) is 18.8 Å². The lowest BCUT2D eigenvalue weighted by molar-refractivity contribution is -0.881. The van der Waals surface area contributed by atoms with Gasteiger partial charge in [0.25, 0.3) is 0 Å². The van der Waals surface area contributed by atoms with Gasteiger partial charge >= 0.3 is 17.9 Å². The second kappa shape index (κ2) is 10.3. The van der Waals surface area contributed by atoms with E-state index in [-0.39, 0.29) is 23.1 Å². The minimum Gasteiger partial charge on any atom is -0.335 e. The molecule has 222 valence electrons. The SMILES string of the molecule is Cc1c(-c2ccnn2-c2ccc(C#N)cc2)n(C(=O)NC2CC3C[N+](C)(C)C[C@H]3C2)c(=O)n1-c1cccc(C(F)(F)F)c1. The Bertz CT molecular complexity index is 1790. The van der Waals surface area contributed by atoms with Crippen LogP contribution in [-0.2, 0) is 6.18 Å². The van der Waals surface area contributed by atoms with Crippen molar-refractivity contribution in [3.63, 3.8) is 0 Å². The number of rotatable bonds is 4. The maximum atomic E-state index is 14.0. The molecule has 3 atom stereocenters. The zero-order valence-electron chi connectivity index (χ0n) is 24.0. The summed E-state index contributed by atoms with van der Waals surface area (Å²) in [5.41, 5.74) is 0.199. The van der Waals surface area contributed by atoms with Crippen LogP contribution in [0.5, 0.6) is 0 Å². The number of nitrogens with one attached hydrogen (secondary N) is 1. The number of halogens is 3. The van der Waals surface area contributed by atoms with E-state index in [0.717, 1.165) is 51.7 Å². The van der Waals surface area contributed by atoms with Crippen molar-refractivity contribution >= 4 is 6.03 Å². The van der Waals surface area contributed by atoms with E-state index in [0.29, 0.717) is 28.8 Å². The molecule has 1 saturated carbocycles. The van der Waals surface area contributed by atoms with Gasteiger partial charge in [0.05, 0.1) is 73.3 Å². The van der Waals surface area contributed by atoms with E-state index in [1.165, 1.54) is 23.0 Å². The molecule has 1 saturated heterocycles. The van der Waals surface area contributed by atoms with Crippen LogP contribution in [0.25, 0.3) is 22.8 Å². The molecule has 1 amide bonds. The maximum absolute atomic E-state index is 14.0. The number of nitrogens with zero attached hydrogens (tertiary/aromatic N) is 6. The molecule has 2 aromatic heterocycles. The first-order chi connectivity index (χ1) is 20.4. The van der Waals surface area contributed by atoms with E-state index in [9.17, 15) is 28.0 Å². The number of fused-ring (bicyclic) bond motifs is 1. The molecule has 0 radical (unpaired) electrons. The minimum atomic E-state index is -4.61. The Morgan fingerprint density at radius 2 is 1.72 bits per heavy atom. The summed E-state index contributed by atoms with van der Waals surface area (Å²) >= 11 is 0. The first-order valence-electron chi connectivity index (χ1n) is 14.1. The van der Waals surface area contributed by atoms with E-state index in [4.69, 9.17) is 0 Å². The number of imidazole rings is 1. The normalized spacial score (nSPS) is 21.0. The average Bonchev–Trinajstić information content (AvgIpc) is 3.68. The lowest BCUT2D eigenvalue weighted by Gasteiger charge is -2.25. The minimum absolute atomic E-state index is 0.00929. The van der Waals surface area contributed by atoms with Crippen molar-refractivity contribution in [2.45, 2.75) is 32.0 Å². The molecule has 43 heavy (non-hydrogen) atoms. The highest BCUT2D eigenvalue weighted by molar-refractivity contribution is 5.83. The monoisotopic (exact) mass is 590 g/mol. The number of hydrogen-bond donors (Lipinski definition) is 1. The molecule has 0 spiro atoms. The van der Waals surface area contributed by atoms with Crippen molar-refractivity contribution in [3.8, 4) is 28.8 Å². The fourth-order valence-corrected chi connectivity index (χ4v) is 6.95. The molecular weight excluding hydrogens is 559 g/mol. The highest BCUT2D eigenvalue weighted by Crippen LogP contribution is 2.40. The summed E-state index contributed by atoms with van der Waals surface area (Å²) in [7, 11) is 4.40. The van der Waals surface area contributed by atoms with Crippen LogP contribution >= 0.6 is 0 Å². The Morgan fingerprint density at radius 1 is 1.05 bits per heavy atom. The largest absolute Gasteiger partial charge is 0.416 e. The third-order valence-corrected chi connectivity index (χ3v) is 8.67. The van der Waals surface area contributed by atoms with Gasteiger partial charge in [-0.3, -0.25) is 4.57 Å². The smallest absolute Gasteiger partial charge is 0.335 e. The Hall–Kier alpha value is -4.63. The standard InChI is InChI=1S/C31H30F3N7O2/c1-19-28(27-11-12-36-40(27)25-9-7-20(16-35)8-10-25)39(29(42)37-24-13-21-17-41(2,3)18-22(21)14-24)30(43)38(19)26-6-4-5-23(15-26)31(32,33)34/h4-12,15,21-22,24H,13-14,17-18H2,1-3H3/p+1/t21-,22?,24?/m1/s1. The fourth-order valence-electron chi connectivity index (χ4n) is 6.95. The van der Waals surface area contributed by atoms with Gasteiger partial charge in [-0.1, -0.05) is 6.07 Å². The molecular formula is C31H31F3N7O2+. The van der Waals surface area contributed by atoms with Gasteiger partial charge in [0.1, 0.15) is 5.69 Å². The summed E-state index contributed by atoms with van der Waals surface area (Å²) in [5.74, 6) is 0.955. The fraction of sp³-hybridized carbons (Fsp3) is 0.355. The molecule has 0 bridgehead atoms. The number of hydrogen-bond acceptors (Lipinski definition) is 4. The predicted molar refractivity (Wildman–Crippen MR) is 153 cm³/mol. The summed E-state index contributed by atoms with van der Waals surface area (Å²) in [5, 5.41) is 16.7. The molecule has 1 aliphatic heterocycles. The van der Waals surface area contributed by atoms with Crippen molar-refractivity contribution in [1.29, 1.82) is 5.26 Å². The van der Waals surface area contributed by atoms with Gasteiger partial charge < -0.3 is 9.80 Å². The van der Waals surface area contributed by atoms with Crippen LogP contribution in [0.1, 0.15) is 29.7 Å². The zero-order valence-corrected chi connectivity index (χ0v) is 24.0. The molecule has 4 aromatic rings. The quantitative estimate of drug-likeness (QED) is 0.348. The summed E-state index contributed by atoms with van der Waals surface area (Å²) in [6.45, 7) is 3.64. The van der Waals surface area contributed by atoms with Gasteiger partial charge in [0.2, 0.25) is 0 Å². The molecule has 6 rings (SSSR count). The van der Waals surface area contributed by atoms with Crippen molar-refractivity contribution in [2.24, 2.45) is 11.8 Å². The molecule has 1 N–H and O–H groups in total. The predicted octanol–water partition coefficient (Wildman–Crippen LogP) is 4.73. The summed E-state index contributed by atoms with van der Waals surface area (Å²) in [6.07, 6.45) is -1.49. The number of alkyl halides is 3. The molecule has 12 heteroatoms. The van der Waals surface area contributed by atoms with Crippen molar-refractivity contribution in [3.05, 3.63) is 88.1 Å². The van der Waals surface area contributed by atoms with Crippen molar-refractivity contribution in [1.82, 2.24) is 24.2 Å². The van der Waals surface area contributed by atoms with E-state index >= 15 is 0 Å². The lowest BCUT2D eigenvalue weighted by Crippen LogP contribution is -2.43. The van der Waals surface area contributed by atoms with Crippen LogP contribution in [0.3, 0.4) is 0 Å². The van der Waals surface area contributed by atoms with Gasteiger partial charge in [0, 0.05) is 17.9 Å². The number of quaternary nitrogens is 1.